The van der Waals surface area contributed by atoms with Crippen molar-refractivity contribution in [1.82, 2.24) is 20.1 Å². The monoisotopic (exact) mass is 574 g/mol. The van der Waals surface area contributed by atoms with Crippen molar-refractivity contribution >= 4 is 23.4 Å². The molecule has 3 heterocycles. The van der Waals surface area contributed by atoms with Gasteiger partial charge in [0.05, 0.1) is 11.7 Å². The second-order valence-corrected chi connectivity index (χ2v) is 10.6. The van der Waals surface area contributed by atoms with Gasteiger partial charge in [-0.25, -0.2) is 0 Å². The molecule has 40 heavy (non-hydrogen) atoms. The molecule has 1 atom stereocenters. The van der Waals surface area contributed by atoms with Gasteiger partial charge >= 0.3 is 6.36 Å². The smallest absolute Gasteiger partial charge is 0.406 e. The Labute approximate surface area is 235 Å². The molecule has 1 aromatic heterocycles. The maximum atomic E-state index is 12.9. The predicted molar refractivity (Wildman–Crippen MR) is 147 cm³/mol. The normalized spacial score (nSPS) is 18.2. The van der Waals surface area contributed by atoms with E-state index in [9.17, 15) is 22.8 Å². The number of amides is 2. The van der Waals surface area contributed by atoms with Gasteiger partial charge in [-0.15, -0.1) is 24.8 Å². The summed E-state index contributed by atoms with van der Waals surface area (Å²) in [6.45, 7) is 2.23. The highest BCUT2D eigenvalue weighted by Gasteiger charge is 2.33. The number of carbonyl (C=O) groups is 2. The summed E-state index contributed by atoms with van der Waals surface area (Å²) in [7, 11) is 2.06. The fourth-order valence-electron chi connectivity index (χ4n) is 5.41. The van der Waals surface area contributed by atoms with E-state index >= 15 is 0 Å². The molecule has 1 saturated heterocycles. The van der Waals surface area contributed by atoms with Crippen molar-refractivity contribution in [3.63, 3.8) is 0 Å². The van der Waals surface area contributed by atoms with E-state index in [0.29, 0.717) is 52.5 Å². The number of carbonyl (C=O) groups excluding carboxylic acids is 2. The Morgan fingerprint density at radius 3 is 2.50 bits per heavy atom. The van der Waals surface area contributed by atoms with Crippen molar-refractivity contribution in [2.75, 3.05) is 32.6 Å². The molecule has 2 N–H and O–H groups in total. The van der Waals surface area contributed by atoms with E-state index in [1.807, 2.05) is 4.57 Å². The van der Waals surface area contributed by atoms with Crippen molar-refractivity contribution < 1.29 is 27.5 Å². The summed E-state index contributed by atoms with van der Waals surface area (Å²) in [5, 5.41) is 5.98. The first-order valence-corrected chi connectivity index (χ1v) is 13.7. The highest BCUT2D eigenvalue weighted by Crippen LogP contribution is 2.40. The molecule has 5 rings (SSSR count). The highest BCUT2D eigenvalue weighted by molar-refractivity contribution is 6.17. The van der Waals surface area contributed by atoms with Crippen molar-refractivity contribution in [3.05, 3.63) is 65.9 Å². The number of rotatable bonds is 7. The Bertz CT molecular complexity index is 1380. The van der Waals surface area contributed by atoms with Gasteiger partial charge in [0.15, 0.2) is 0 Å². The Morgan fingerprint density at radius 1 is 1.10 bits per heavy atom. The van der Waals surface area contributed by atoms with Crippen LogP contribution in [0.5, 0.6) is 5.75 Å². The van der Waals surface area contributed by atoms with E-state index in [2.05, 4.69) is 27.3 Å². The minimum atomic E-state index is -4.84. The number of fused-ring (bicyclic) bond motifs is 1. The molecule has 2 aliphatic heterocycles. The summed E-state index contributed by atoms with van der Waals surface area (Å²) in [5.41, 5.74) is 3.30. The summed E-state index contributed by atoms with van der Waals surface area (Å²) in [6, 6.07) is 14.4. The van der Waals surface area contributed by atoms with Crippen LogP contribution in [0.3, 0.4) is 0 Å². The van der Waals surface area contributed by atoms with Crippen LogP contribution in [0.4, 0.5) is 13.2 Å². The van der Waals surface area contributed by atoms with Crippen molar-refractivity contribution in [1.29, 1.82) is 0 Å². The first-order valence-electron chi connectivity index (χ1n) is 13.2. The van der Waals surface area contributed by atoms with Crippen LogP contribution in [0.15, 0.2) is 54.6 Å². The van der Waals surface area contributed by atoms with E-state index in [0.717, 1.165) is 25.9 Å². The van der Waals surface area contributed by atoms with Crippen LogP contribution >= 0.6 is 11.6 Å². The number of piperidine rings is 1. The number of hydrogen-bond acceptors (Lipinski definition) is 4. The van der Waals surface area contributed by atoms with E-state index in [1.54, 1.807) is 36.4 Å². The number of aromatic nitrogens is 1. The van der Waals surface area contributed by atoms with Crippen LogP contribution in [0.2, 0.25) is 0 Å². The Kier molecular flexibility index (Phi) is 8.09. The van der Waals surface area contributed by atoms with Gasteiger partial charge in [0.25, 0.3) is 11.8 Å². The molecule has 0 spiro atoms. The fourth-order valence-corrected chi connectivity index (χ4v) is 5.66. The maximum Gasteiger partial charge on any atom is 0.573 e. The van der Waals surface area contributed by atoms with Gasteiger partial charge in [0.2, 0.25) is 0 Å². The van der Waals surface area contributed by atoms with E-state index in [4.69, 9.17) is 11.6 Å². The number of benzene rings is 2. The van der Waals surface area contributed by atoms with Crippen LogP contribution < -0.4 is 15.4 Å². The lowest BCUT2D eigenvalue weighted by molar-refractivity contribution is -0.274. The molecule has 0 bridgehead atoms. The lowest BCUT2D eigenvalue weighted by atomic mass is 9.99. The van der Waals surface area contributed by atoms with Crippen LogP contribution in [-0.2, 0) is 0 Å². The molecular weight excluding hydrogens is 545 g/mol. The largest absolute Gasteiger partial charge is 0.573 e. The topological polar surface area (TPSA) is 75.6 Å². The Balaban J connectivity index is 1.53. The second-order valence-electron chi connectivity index (χ2n) is 10.2. The molecule has 2 aliphatic rings. The molecule has 2 amide bonds. The number of hydrogen-bond donors (Lipinski definition) is 2. The number of halogens is 4. The lowest BCUT2D eigenvalue weighted by Crippen LogP contribution is -2.43. The molecule has 212 valence electrons. The quantitative estimate of drug-likeness (QED) is 0.368. The summed E-state index contributed by atoms with van der Waals surface area (Å²) < 4.78 is 44.9. The average Bonchev–Trinajstić information content (AvgIpc) is 3.33. The molecule has 7 nitrogen and oxygen atoms in total. The summed E-state index contributed by atoms with van der Waals surface area (Å²) in [4.78, 5) is 28.1. The molecule has 0 radical (unpaired) electrons. The molecule has 0 aliphatic carbocycles. The summed E-state index contributed by atoms with van der Waals surface area (Å²) >= 11 is 6.09. The van der Waals surface area contributed by atoms with Gasteiger partial charge in [0, 0.05) is 29.6 Å². The van der Waals surface area contributed by atoms with Gasteiger partial charge in [-0.05, 0) is 80.9 Å². The number of ether oxygens (including phenoxy) is 1. The number of nitrogens with zero attached hydrogens (tertiary/aromatic N) is 2. The molecule has 0 saturated carbocycles. The second kappa shape index (κ2) is 11.5. The molecular formula is C29H30ClF3N4O3. The van der Waals surface area contributed by atoms with Gasteiger partial charge in [0.1, 0.15) is 11.4 Å². The SMILES string of the molecule is CN1CCC(NC(=O)c2ccc(-c3c(-c4cccc(OC(F)(F)F)c4)cc4n3C(CCCl)CNC4=O)cc2)CC1. The van der Waals surface area contributed by atoms with Gasteiger partial charge in [-0.3, -0.25) is 9.59 Å². The molecule has 1 fully saturated rings. The van der Waals surface area contributed by atoms with Crippen LogP contribution in [0.25, 0.3) is 22.4 Å². The Hall–Kier alpha value is -3.50. The van der Waals surface area contributed by atoms with Crippen LogP contribution in [0, 0.1) is 0 Å². The van der Waals surface area contributed by atoms with Crippen molar-refractivity contribution in [2.45, 2.75) is 37.7 Å². The minimum absolute atomic E-state index is 0.119. The molecule has 3 aromatic rings. The van der Waals surface area contributed by atoms with E-state index in [1.165, 1.54) is 18.2 Å². The third kappa shape index (κ3) is 6.13. The highest BCUT2D eigenvalue weighted by atomic mass is 35.5. The number of alkyl halides is 4. The zero-order valence-electron chi connectivity index (χ0n) is 21.9. The average molecular weight is 575 g/mol. The molecule has 1 unspecified atom stereocenters. The zero-order valence-corrected chi connectivity index (χ0v) is 22.7. The summed E-state index contributed by atoms with van der Waals surface area (Å²) in [6.07, 6.45) is -2.48. The van der Waals surface area contributed by atoms with Crippen molar-refractivity contribution in [2.24, 2.45) is 0 Å². The number of nitrogens with one attached hydrogen (secondary N) is 2. The van der Waals surface area contributed by atoms with Crippen LogP contribution in [-0.4, -0.2) is 66.2 Å². The minimum Gasteiger partial charge on any atom is -0.406 e. The lowest BCUT2D eigenvalue weighted by Gasteiger charge is -2.29. The zero-order chi connectivity index (χ0) is 28.4. The molecule has 11 heteroatoms. The fraction of sp³-hybridized carbons (Fsp3) is 0.379. The van der Waals surface area contributed by atoms with Gasteiger partial charge in [-0.1, -0.05) is 24.3 Å². The third-order valence-corrected chi connectivity index (χ3v) is 7.65. The summed E-state index contributed by atoms with van der Waals surface area (Å²) in [5.74, 6) is -0.439. The third-order valence-electron chi connectivity index (χ3n) is 7.43. The number of likely N-dealkylation sites (tertiary alicyclic amines) is 1. The van der Waals surface area contributed by atoms with E-state index in [-0.39, 0.29) is 29.6 Å². The van der Waals surface area contributed by atoms with Crippen molar-refractivity contribution in [3.8, 4) is 28.1 Å². The standard InChI is InChI=1S/C29H30ClF3N4O3/c1-36-13-10-21(11-14-36)35-27(38)19-7-5-18(6-8-19)26-24(20-3-2-4-23(15-20)40-29(31,32)33)16-25-28(39)34-17-22(9-12-30)37(25)26/h2-8,15-16,21-22H,9-14,17H2,1H3,(H,34,39)(H,35,38). The Morgan fingerprint density at radius 2 is 1.82 bits per heavy atom. The first kappa shape index (κ1) is 28.0. The molecule has 2 aromatic carbocycles. The van der Waals surface area contributed by atoms with Crippen LogP contribution in [0.1, 0.15) is 46.2 Å². The predicted octanol–water partition coefficient (Wildman–Crippen LogP) is 5.46. The van der Waals surface area contributed by atoms with Gasteiger partial charge in [-0.2, -0.15) is 0 Å². The van der Waals surface area contributed by atoms with Gasteiger partial charge < -0.3 is 24.8 Å². The maximum absolute atomic E-state index is 12.9. The van der Waals surface area contributed by atoms with E-state index < -0.39 is 6.36 Å². The first-order chi connectivity index (χ1) is 19.1.